The highest BCUT2D eigenvalue weighted by molar-refractivity contribution is 7.95. The van der Waals surface area contributed by atoms with E-state index in [0.717, 1.165) is 16.5 Å². The molecule has 0 amide bonds. The number of hydrogen-bond acceptors (Lipinski definition) is 6. The van der Waals surface area contributed by atoms with Gasteiger partial charge in [-0.2, -0.15) is 0 Å². The molecule has 7 nitrogen and oxygen atoms in total. The number of aromatic nitrogens is 2. The molecule has 0 aliphatic carbocycles. The van der Waals surface area contributed by atoms with Crippen molar-refractivity contribution in [2.45, 2.75) is 6.92 Å². The van der Waals surface area contributed by atoms with Crippen molar-refractivity contribution in [1.82, 2.24) is 9.97 Å². The van der Waals surface area contributed by atoms with E-state index in [4.69, 9.17) is 9.84 Å². The van der Waals surface area contributed by atoms with Gasteiger partial charge in [0.25, 0.3) is 10.0 Å². The standard InChI is InChI=1S/C21H21N3O4S/c1-16-7-9-18(10-8-16)19-20(22-15-23-21(19)28-13-12-25)24-29(26,27)14-11-17-5-3-2-4-6-17/h2-11,14-15,25H,12-13H2,1H3,(H,22,23,24)/b14-11+. The van der Waals surface area contributed by atoms with Crippen LogP contribution in [0.4, 0.5) is 5.82 Å². The number of ether oxygens (including phenoxy) is 1. The van der Waals surface area contributed by atoms with Crippen LogP contribution in [-0.2, 0) is 10.0 Å². The Balaban J connectivity index is 1.97. The Labute approximate surface area is 169 Å². The maximum atomic E-state index is 12.6. The highest BCUT2D eigenvalue weighted by Gasteiger charge is 2.18. The van der Waals surface area contributed by atoms with Gasteiger partial charge in [0.05, 0.1) is 17.6 Å². The molecule has 2 N–H and O–H groups in total. The Hall–Kier alpha value is -3.23. The van der Waals surface area contributed by atoms with Crippen molar-refractivity contribution in [2.75, 3.05) is 17.9 Å². The van der Waals surface area contributed by atoms with Gasteiger partial charge in [-0.25, -0.2) is 18.4 Å². The van der Waals surface area contributed by atoms with E-state index in [1.165, 1.54) is 12.4 Å². The summed E-state index contributed by atoms with van der Waals surface area (Å²) in [4.78, 5) is 8.21. The Morgan fingerprint density at radius 3 is 2.48 bits per heavy atom. The smallest absolute Gasteiger partial charge is 0.256 e. The zero-order valence-corrected chi connectivity index (χ0v) is 16.6. The molecule has 0 spiro atoms. The molecule has 1 heterocycles. The van der Waals surface area contributed by atoms with Crippen LogP contribution in [0.2, 0.25) is 0 Å². The Morgan fingerprint density at radius 2 is 1.79 bits per heavy atom. The molecule has 29 heavy (non-hydrogen) atoms. The van der Waals surface area contributed by atoms with Crippen LogP contribution >= 0.6 is 0 Å². The van der Waals surface area contributed by atoms with E-state index in [-0.39, 0.29) is 24.9 Å². The summed E-state index contributed by atoms with van der Waals surface area (Å²) < 4.78 is 33.2. The average molecular weight is 411 g/mol. The molecule has 0 fully saturated rings. The molecular formula is C21H21N3O4S. The number of aryl methyl sites for hydroxylation is 1. The largest absolute Gasteiger partial charge is 0.475 e. The third-order valence-corrected chi connectivity index (χ3v) is 4.93. The van der Waals surface area contributed by atoms with Gasteiger partial charge < -0.3 is 9.84 Å². The highest BCUT2D eigenvalue weighted by atomic mass is 32.2. The monoisotopic (exact) mass is 411 g/mol. The molecule has 3 rings (SSSR count). The minimum Gasteiger partial charge on any atom is -0.475 e. The molecule has 0 atom stereocenters. The first-order chi connectivity index (χ1) is 14.0. The summed E-state index contributed by atoms with van der Waals surface area (Å²) in [5.41, 5.74) is 2.90. The maximum absolute atomic E-state index is 12.6. The average Bonchev–Trinajstić information content (AvgIpc) is 2.72. The lowest BCUT2D eigenvalue weighted by Crippen LogP contribution is -2.13. The number of hydrogen-bond donors (Lipinski definition) is 2. The fraction of sp³-hybridized carbons (Fsp3) is 0.143. The van der Waals surface area contributed by atoms with E-state index < -0.39 is 10.0 Å². The predicted molar refractivity (Wildman–Crippen MR) is 113 cm³/mol. The molecule has 0 unspecified atom stereocenters. The quantitative estimate of drug-likeness (QED) is 0.590. The zero-order chi connectivity index (χ0) is 20.7. The van der Waals surface area contributed by atoms with Crippen LogP contribution in [0.1, 0.15) is 11.1 Å². The number of nitrogens with one attached hydrogen (secondary N) is 1. The first kappa shape index (κ1) is 20.5. The Morgan fingerprint density at radius 1 is 1.07 bits per heavy atom. The number of sulfonamides is 1. The molecular weight excluding hydrogens is 390 g/mol. The van der Waals surface area contributed by atoms with Crippen molar-refractivity contribution in [3.63, 3.8) is 0 Å². The predicted octanol–water partition coefficient (Wildman–Crippen LogP) is 3.24. The van der Waals surface area contributed by atoms with Crippen LogP contribution in [-0.4, -0.2) is 36.7 Å². The van der Waals surface area contributed by atoms with Gasteiger partial charge >= 0.3 is 0 Å². The molecule has 0 aliphatic heterocycles. The summed E-state index contributed by atoms with van der Waals surface area (Å²) in [5.74, 6) is 0.275. The minimum absolute atomic E-state index is 0.0238. The second-order valence-electron chi connectivity index (χ2n) is 6.20. The van der Waals surface area contributed by atoms with Gasteiger partial charge in [-0.3, -0.25) is 4.72 Å². The maximum Gasteiger partial charge on any atom is 0.256 e. The van der Waals surface area contributed by atoms with Crippen LogP contribution in [0.15, 0.2) is 66.3 Å². The number of nitrogens with zero attached hydrogens (tertiary/aromatic N) is 2. The van der Waals surface area contributed by atoms with Crippen molar-refractivity contribution in [1.29, 1.82) is 0 Å². The molecule has 0 bridgehead atoms. The first-order valence-corrected chi connectivity index (χ1v) is 10.4. The third-order valence-electron chi connectivity index (χ3n) is 3.96. The van der Waals surface area contributed by atoms with Crippen LogP contribution in [0.25, 0.3) is 17.2 Å². The lowest BCUT2D eigenvalue weighted by Gasteiger charge is -2.14. The van der Waals surface area contributed by atoms with Crippen molar-refractivity contribution in [3.05, 3.63) is 77.5 Å². The van der Waals surface area contributed by atoms with Crippen LogP contribution in [0.5, 0.6) is 5.88 Å². The normalized spacial score (nSPS) is 11.5. The lowest BCUT2D eigenvalue weighted by molar-refractivity contribution is 0.197. The van der Waals surface area contributed by atoms with Gasteiger partial charge in [0, 0.05) is 0 Å². The SMILES string of the molecule is Cc1ccc(-c2c(NS(=O)(=O)/C=C/c3ccccc3)ncnc2OCCO)cc1. The minimum atomic E-state index is -3.83. The fourth-order valence-corrected chi connectivity index (χ4v) is 3.41. The summed E-state index contributed by atoms with van der Waals surface area (Å²) >= 11 is 0. The Bertz CT molecular complexity index is 1080. The third kappa shape index (κ3) is 5.63. The molecule has 0 aliphatic rings. The van der Waals surface area contributed by atoms with Crippen molar-refractivity contribution >= 4 is 21.9 Å². The van der Waals surface area contributed by atoms with E-state index in [1.54, 1.807) is 12.1 Å². The summed E-state index contributed by atoms with van der Waals surface area (Å²) in [5, 5.41) is 10.2. The second-order valence-corrected chi connectivity index (χ2v) is 7.77. The molecule has 150 valence electrons. The van der Waals surface area contributed by atoms with E-state index >= 15 is 0 Å². The van der Waals surface area contributed by atoms with Crippen LogP contribution < -0.4 is 9.46 Å². The van der Waals surface area contributed by atoms with Gasteiger partial charge in [-0.05, 0) is 24.1 Å². The zero-order valence-electron chi connectivity index (χ0n) is 15.8. The van der Waals surface area contributed by atoms with E-state index in [1.807, 2.05) is 49.4 Å². The highest BCUT2D eigenvalue weighted by Crippen LogP contribution is 2.34. The Kier molecular flexibility index (Phi) is 6.58. The van der Waals surface area contributed by atoms with Crippen LogP contribution in [0, 0.1) is 6.92 Å². The van der Waals surface area contributed by atoms with Gasteiger partial charge in [0.2, 0.25) is 5.88 Å². The van der Waals surface area contributed by atoms with Gasteiger partial charge in [-0.1, -0.05) is 60.2 Å². The fourth-order valence-electron chi connectivity index (χ4n) is 2.58. The summed E-state index contributed by atoms with van der Waals surface area (Å²) in [6, 6.07) is 16.6. The number of aliphatic hydroxyl groups excluding tert-OH is 1. The molecule has 3 aromatic rings. The summed E-state index contributed by atoms with van der Waals surface area (Å²) in [6.07, 6.45) is 2.71. The lowest BCUT2D eigenvalue weighted by atomic mass is 10.1. The van der Waals surface area contributed by atoms with Crippen LogP contribution in [0.3, 0.4) is 0 Å². The van der Waals surface area contributed by atoms with Crippen molar-refractivity contribution in [3.8, 4) is 17.0 Å². The number of anilines is 1. The van der Waals surface area contributed by atoms with Gasteiger partial charge in [0.15, 0.2) is 5.82 Å². The summed E-state index contributed by atoms with van der Waals surface area (Å²) in [7, 11) is -3.83. The molecule has 1 aromatic heterocycles. The second kappa shape index (κ2) is 9.31. The number of benzene rings is 2. The molecule has 2 aromatic carbocycles. The number of rotatable bonds is 8. The number of aliphatic hydroxyl groups is 1. The van der Waals surface area contributed by atoms with E-state index in [9.17, 15) is 8.42 Å². The first-order valence-electron chi connectivity index (χ1n) is 8.90. The van der Waals surface area contributed by atoms with E-state index in [2.05, 4.69) is 14.7 Å². The van der Waals surface area contributed by atoms with E-state index in [0.29, 0.717) is 11.1 Å². The van der Waals surface area contributed by atoms with Crippen molar-refractivity contribution < 1.29 is 18.3 Å². The molecule has 8 heteroatoms. The van der Waals surface area contributed by atoms with Gasteiger partial charge in [-0.15, -0.1) is 0 Å². The molecule has 0 saturated heterocycles. The van der Waals surface area contributed by atoms with Crippen molar-refractivity contribution in [2.24, 2.45) is 0 Å². The van der Waals surface area contributed by atoms with Gasteiger partial charge in [0.1, 0.15) is 12.9 Å². The summed E-state index contributed by atoms with van der Waals surface area (Å²) in [6.45, 7) is 1.78. The molecule has 0 saturated carbocycles. The molecule has 0 radical (unpaired) electrons. The topological polar surface area (TPSA) is 101 Å².